The molecule has 1 unspecified atom stereocenters. The Bertz CT molecular complexity index is 619. The van der Waals surface area contributed by atoms with Gasteiger partial charge in [-0.15, -0.1) is 0 Å². The Hall–Kier alpha value is -2.23. The second kappa shape index (κ2) is 5.04. The minimum atomic E-state index is -0.101. The van der Waals surface area contributed by atoms with Gasteiger partial charge < -0.3 is 14.1 Å². The number of fused-ring (bicyclic) bond motifs is 1. The average molecular weight is 271 g/mol. The van der Waals surface area contributed by atoms with Gasteiger partial charge in [0.05, 0.1) is 19.1 Å². The third kappa shape index (κ3) is 2.18. The maximum Gasteiger partial charge on any atom is 0.293 e. The fourth-order valence-corrected chi connectivity index (χ4v) is 2.67. The number of methoxy groups -OCH3 is 1. The maximum atomic E-state index is 12.6. The first-order valence-corrected chi connectivity index (χ1v) is 6.71. The quantitative estimate of drug-likeness (QED) is 0.842. The topological polar surface area (TPSA) is 42.7 Å². The number of carbonyl (C=O) groups is 1. The molecule has 1 amide bonds. The second-order valence-electron chi connectivity index (χ2n) is 5.20. The van der Waals surface area contributed by atoms with Crippen molar-refractivity contribution in [2.24, 2.45) is 5.92 Å². The number of anilines is 1. The fraction of sp³-hybridized carbons (Fsp3) is 0.312. The lowest BCUT2D eigenvalue weighted by Crippen LogP contribution is -2.39. The van der Waals surface area contributed by atoms with E-state index in [2.05, 4.69) is 6.92 Å². The first-order valence-electron chi connectivity index (χ1n) is 6.71. The summed E-state index contributed by atoms with van der Waals surface area (Å²) in [5.74, 6) is 1.45. The van der Waals surface area contributed by atoms with Crippen LogP contribution in [0.25, 0.3) is 0 Å². The molecule has 4 heteroatoms. The first kappa shape index (κ1) is 12.8. The van der Waals surface area contributed by atoms with Crippen LogP contribution in [0.2, 0.25) is 0 Å². The summed E-state index contributed by atoms with van der Waals surface area (Å²) in [4.78, 5) is 14.3. The zero-order chi connectivity index (χ0) is 14.1. The van der Waals surface area contributed by atoms with E-state index in [1.54, 1.807) is 24.1 Å². The van der Waals surface area contributed by atoms with Gasteiger partial charge in [0.15, 0.2) is 5.76 Å². The molecule has 1 aliphatic rings. The van der Waals surface area contributed by atoms with Crippen molar-refractivity contribution in [3.05, 3.63) is 47.9 Å². The van der Waals surface area contributed by atoms with E-state index >= 15 is 0 Å². The van der Waals surface area contributed by atoms with Crippen LogP contribution in [0.4, 0.5) is 5.69 Å². The number of furan rings is 1. The molecular formula is C16H17NO3. The lowest BCUT2D eigenvalue weighted by Gasteiger charge is -2.32. The van der Waals surface area contributed by atoms with Crippen molar-refractivity contribution in [1.29, 1.82) is 0 Å². The van der Waals surface area contributed by atoms with E-state index in [-0.39, 0.29) is 5.91 Å². The standard InChI is InChI=1S/C16H17NO3/c1-11-8-12-5-6-13(19-2)9-14(12)17(10-11)16(18)15-4-3-7-20-15/h3-7,9,11H,8,10H2,1-2H3. The number of rotatable bonds is 2. The van der Waals surface area contributed by atoms with E-state index in [1.807, 2.05) is 18.2 Å². The third-order valence-electron chi connectivity index (χ3n) is 3.62. The van der Waals surface area contributed by atoms with Crippen LogP contribution in [0.15, 0.2) is 41.0 Å². The summed E-state index contributed by atoms with van der Waals surface area (Å²) >= 11 is 0. The van der Waals surface area contributed by atoms with Gasteiger partial charge >= 0.3 is 0 Å². The molecule has 0 bridgehead atoms. The molecule has 0 saturated heterocycles. The van der Waals surface area contributed by atoms with Gasteiger partial charge in [-0.3, -0.25) is 4.79 Å². The molecule has 1 aliphatic heterocycles. The van der Waals surface area contributed by atoms with Gasteiger partial charge in [0.25, 0.3) is 5.91 Å². The van der Waals surface area contributed by atoms with Crippen molar-refractivity contribution in [2.45, 2.75) is 13.3 Å². The summed E-state index contributed by atoms with van der Waals surface area (Å²) in [6, 6.07) is 9.31. The van der Waals surface area contributed by atoms with Crippen molar-refractivity contribution in [1.82, 2.24) is 0 Å². The lowest BCUT2D eigenvalue weighted by molar-refractivity contribution is 0.0954. The maximum absolute atomic E-state index is 12.6. The van der Waals surface area contributed by atoms with Crippen LogP contribution < -0.4 is 9.64 Å². The van der Waals surface area contributed by atoms with Crippen LogP contribution in [0, 0.1) is 5.92 Å². The average Bonchev–Trinajstić information content (AvgIpc) is 2.99. The molecule has 20 heavy (non-hydrogen) atoms. The molecule has 3 rings (SSSR count). The largest absolute Gasteiger partial charge is 0.497 e. The zero-order valence-corrected chi connectivity index (χ0v) is 11.6. The number of benzene rings is 1. The van der Waals surface area contributed by atoms with E-state index in [9.17, 15) is 4.79 Å². The van der Waals surface area contributed by atoms with Gasteiger partial charge in [-0.2, -0.15) is 0 Å². The molecule has 104 valence electrons. The third-order valence-corrected chi connectivity index (χ3v) is 3.62. The first-order chi connectivity index (χ1) is 9.69. The van der Waals surface area contributed by atoms with Gasteiger partial charge in [0, 0.05) is 12.6 Å². The van der Waals surface area contributed by atoms with Crippen LogP contribution in [0.1, 0.15) is 23.0 Å². The molecule has 1 atom stereocenters. The monoisotopic (exact) mass is 271 g/mol. The number of carbonyl (C=O) groups excluding carboxylic acids is 1. The molecule has 0 saturated carbocycles. The van der Waals surface area contributed by atoms with Crippen molar-refractivity contribution < 1.29 is 13.9 Å². The molecule has 2 heterocycles. The zero-order valence-electron chi connectivity index (χ0n) is 11.6. The highest BCUT2D eigenvalue weighted by Gasteiger charge is 2.28. The molecule has 0 spiro atoms. The number of hydrogen-bond donors (Lipinski definition) is 0. The molecular weight excluding hydrogens is 254 g/mol. The van der Waals surface area contributed by atoms with Gasteiger partial charge in [-0.25, -0.2) is 0 Å². The summed E-state index contributed by atoms with van der Waals surface area (Å²) in [5.41, 5.74) is 2.09. The predicted molar refractivity (Wildman–Crippen MR) is 76.2 cm³/mol. The predicted octanol–water partition coefficient (Wildman–Crippen LogP) is 3.13. The number of ether oxygens (including phenoxy) is 1. The van der Waals surface area contributed by atoms with Crippen LogP contribution in [-0.4, -0.2) is 19.6 Å². The molecule has 0 aliphatic carbocycles. The summed E-state index contributed by atoms with van der Waals surface area (Å²) < 4.78 is 10.5. The molecule has 4 nitrogen and oxygen atoms in total. The van der Waals surface area contributed by atoms with Gasteiger partial charge in [0.1, 0.15) is 5.75 Å². The van der Waals surface area contributed by atoms with Crippen LogP contribution >= 0.6 is 0 Å². The minimum absolute atomic E-state index is 0.101. The van der Waals surface area contributed by atoms with Crippen LogP contribution in [-0.2, 0) is 6.42 Å². The Labute approximate surface area is 118 Å². The van der Waals surface area contributed by atoms with E-state index in [0.29, 0.717) is 18.2 Å². The van der Waals surface area contributed by atoms with Gasteiger partial charge in [-0.05, 0) is 36.1 Å². The van der Waals surface area contributed by atoms with E-state index in [0.717, 1.165) is 17.9 Å². The van der Waals surface area contributed by atoms with Crippen molar-refractivity contribution in [2.75, 3.05) is 18.6 Å². The summed E-state index contributed by atoms with van der Waals surface area (Å²) in [6.07, 6.45) is 2.49. The highest BCUT2D eigenvalue weighted by Crippen LogP contribution is 2.33. The van der Waals surface area contributed by atoms with Gasteiger partial charge in [0.2, 0.25) is 0 Å². The van der Waals surface area contributed by atoms with E-state index in [4.69, 9.17) is 9.15 Å². The normalized spacial score (nSPS) is 17.7. The molecule has 0 N–H and O–H groups in total. The Morgan fingerprint density at radius 1 is 1.40 bits per heavy atom. The van der Waals surface area contributed by atoms with Crippen molar-refractivity contribution in [3.8, 4) is 5.75 Å². The van der Waals surface area contributed by atoms with Crippen molar-refractivity contribution in [3.63, 3.8) is 0 Å². The summed E-state index contributed by atoms with van der Waals surface area (Å²) in [7, 11) is 1.63. The molecule has 1 aromatic heterocycles. The number of nitrogens with zero attached hydrogens (tertiary/aromatic N) is 1. The van der Waals surface area contributed by atoms with Crippen LogP contribution in [0.3, 0.4) is 0 Å². The lowest BCUT2D eigenvalue weighted by atomic mass is 9.93. The Morgan fingerprint density at radius 3 is 2.95 bits per heavy atom. The Morgan fingerprint density at radius 2 is 2.25 bits per heavy atom. The van der Waals surface area contributed by atoms with Gasteiger partial charge in [-0.1, -0.05) is 13.0 Å². The summed E-state index contributed by atoms with van der Waals surface area (Å²) in [5, 5.41) is 0. The number of amides is 1. The Kier molecular flexibility index (Phi) is 3.22. The van der Waals surface area contributed by atoms with Crippen LogP contribution in [0.5, 0.6) is 5.75 Å². The molecule has 0 radical (unpaired) electrons. The molecule has 1 aromatic carbocycles. The molecule has 0 fully saturated rings. The molecule has 2 aromatic rings. The minimum Gasteiger partial charge on any atom is -0.497 e. The van der Waals surface area contributed by atoms with E-state index in [1.165, 1.54) is 11.8 Å². The van der Waals surface area contributed by atoms with E-state index < -0.39 is 0 Å². The highest BCUT2D eigenvalue weighted by molar-refractivity contribution is 6.05. The summed E-state index contributed by atoms with van der Waals surface area (Å²) in [6.45, 7) is 2.84. The highest BCUT2D eigenvalue weighted by atomic mass is 16.5. The number of hydrogen-bond acceptors (Lipinski definition) is 3. The SMILES string of the molecule is COc1ccc2c(c1)N(C(=O)c1ccco1)CC(C)C2. The fourth-order valence-electron chi connectivity index (χ4n) is 2.67. The second-order valence-corrected chi connectivity index (χ2v) is 5.20. The smallest absolute Gasteiger partial charge is 0.293 e. The van der Waals surface area contributed by atoms with Crippen molar-refractivity contribution >= 4 is 11.6 Å². The Balaban J connectivity index is 2.02.